The summed E-state index contributed by atoms with van der Waals surface area (Å²) in [6, 6.07) is 13.8. The van der Waals surface area contributed by atoms with Crippen LogP contribution in [0.25, 0.3) is 11.1 Å². The topological polar surface area (TPSA) is 66.4 Å². The van der Waals surface area contributed by atoms with Crippen LogP contribution in [0.2, 0.25) is 10.0 Å². The molecule has 0 unspecified atom stereocenters. The molecule has 0 spiro atoms. The minimum atomic E-state index is -1.25. The molecule has 0 aliphatic heterocycles. The van der Waals surface area contributed by atoms with Gasteiger partial charge in [-0.1, -0.05) is 62.2 Å². The maximum Gasteiger partial charge on any atom is 0.337 e. The molecule has 4 nitrogen and oxygen atoms in total. The van der Waals surface area contributed by atoms with Gasteiger partial charge >= 0.3 is 5.97 Å². The Morgan fingerprint density at radius 3 is 2.13 bits per heavy atom. The van der Waals surface area contributed by atoms with Crippen molar-refractivity contribution in [2.45, 2.75) is 26.2 Å². The molecule has 2 N–H and O–H groups in total. The van der Waals surface area contributed by atoms with Crippen LogP contribution in [-0.2, 0) is 5.41 Å². The molecule has 31 heavy (non-hydrogen) atoms. The summed E-state index contributed by atoms with van der Waals surface area (Å²) in [6.07, 6.45) is 0. The van der Waals surface area contributed by atoms with Gasteiger partial charge in [-0.15, -0.1) is 0 Å². The summed E-state index contributed by atoms with van der Waals surface area (Å²) in [5, 5.41) is 12.3. The average molecular weight is 460 g/mol. The van der Waals surface area contributed by atoms with Gasteiger partial charge < -0.3 is 10.4 Å². The van der Waals surface area contributed by atoms with Crippen molar-refractivity contribution < 1.29 is 19.1 Å². The number of hydrogen-bond acceptors (Lipinski definition) is 2. The molecular weight excluding hydrogens is 440 g/mol. The number of anilines is 1. The second kappa shape index (κ2) is 8.69. The van der Waals surface area contributed by atoms with Gasteiger partial charge in [0.25, 0.3) is 5.91 Å². The molecule has 0 aliphatic rings. The number of aromatic carboxylic acids is 1. The monoisotopic (exact) mass is 459 g/mol. The van der Waals surface area contributed by atoms with Gasteiger partial charge in [0.1, 0.15) is 5.82 Å². The molecule has 0 saturated heterocycles. The van der Waals surface area contributed by atoms with E-state index >= 15 is 0 Å². The third kappa shape index (κ3) is 5.06. The maximum atomic E-state index is 13.5. The van der Waals surface area contributed by atoms with Crippen molar-refractivity contribution in [1.82, 2.24) is 0 Å². The Hall–Kier alpha value is -2.89. The third-order valence-corrected chi connectivity index (χ3v) is 5.43. The lowest BCUT2D eigenvalue weighted by atomic mass is 9.86. The SMILES string of the molecule is CC(C)(C)c1ccc(C(=O)Nc2cc(Cl)c(-c3ccc(F)c(Cl)c3)cc2C(=O)O)cc1. The first-order valence-electron chi connectivity index (χ1n) is 9.41. The van der Waals surface area contributed by atoms with Crippen LogP contribution in [0.15, 0.2) is 54.6 Å². The largest absolute Gasteiger partial charge is 0.478 e. The standard InChI is InChI=1S/C24H20Cl2FNO3/c1-24(2,3)15-7-4-13(5-8-15)22(29)28-21-12-18(25)16(11-17(21)23(30)31)14-6-9-20(27)19(26)10-14/h4-12H,1-3H3,(H,28,29)(H,30,31). The van der Waals surface area contributed by atoms with Gasteiger partial charge in [-0.25, -0.2) is 9.18 Å². The molecule has 7 heteroatoms. The van der Waals surface area contributed by atoms with Crippen LogP contribution >= 0.6 is 23.2 Å². The van der Waals surface area contributed by atoms with Crippen LogP contribution < -0.4 is 5.32 Å². The Morgan fingerprint density at radius 2 is 1.58 bits per heavy atom. The number of rotatable bonds is 4. The van der Waals surface area contributed by atoms with Crippen molar-refractivity contribution in [2.24, 2.45) is 0 Å². The van der Waals surface area contributed by atoms with E-state index in [9.17, 15) is 19.1 Å². The summed E-state index contributed by atoms with van der Waals surface area (Å²) in [5.74, 6) is -2.30. The molecule has 0 fully saturated rings. The molecule has 0 heterocycles. The zero-order valence-corrected chi connectivity index (χ0v) is 18.6. The lowest BCUT2D eigenvalue weighted by Gasteiger charge is -2.19. The first-order valence-corrected chi connectivity index (χ1v) is 10.2. The summed E-state index contributed by atoms with van der Waals surface area (Å²) < 4.78 is 13.5. The summed E-state index contributed by atoms with van der Waals surface area (Å²) >= 11 is 12.2. The number of hydrogen-bond donors (Lipinski definition) is 2. The molecule has 0 aromatic heterocycles. The fourth-order valence-corrected chi connectivity index (χ4v) is 3.51. The Kier molecular flexibility index (Phi) is 6.39. The van der Waals surface area contributed by atoms with Gasteiger partial charge in [-0.2, -0.15) is 0 Å². The van der Waals surface area contributed by atoms with Crippen LogP contribution in [0.5, 0.6) is 0 Å². The highest BCUT2D eigenvalue weighted by atomic mass is 35.5. The van der Waals surface area contributed by atoms with Gasteiger partial charge in [-0.3, -0.25) is 4.79 Å². The summed E-state index contributed by atoms with van der Waals surface area (Å²) in [7, 11) is 0. The average Bonchev–Trinajstić information content (AvgIpc) is 2.69. The summed E-state index contributed by atoms with van der Waals surface area (Å²) in [4.78, 5) is 24.5. The van der Waals surface area contributed by atoms with Crippen LogP contribution in [-0.4, -0.2) is 17.0 Å². The Labute approximate surface area is 189 Å². The highest BCUT2D eigenvalue weighted by Gasteiger charge is 2.19. The van der Waals surface area contributed by atoms with Crippen molar-refractivity contribution in [3.05, 3.63) is 87.2 Å². The predicted octanol–water partition coefficient (Wildman–Crippen LogP) is 7.05. The number of carboxylic acids is 1. The molecular formula is C24H20Cl2FNO3. The van der Waals surface area contributed by atoms with E-state index in [1.807, 2.05) is 12.1 Å². The molecule has 0 atom stereocenters. The van der Waals surface area contributed by atoms with E-state index in [-0.39, 0.29) is 26.7 Å². The van der Waals surface area contributed by atoms with Gasteiger partial charge in [0.05, 0.1) is 21.3 Å². The Bertz CT molecular complexity index is 1170. The highest BCUT2D eigenvalue weighted by molar-refractivity contribution is 6.34. The van der Waals surface area contributed by atoms with E-state index in [1.54, 1.807) is 12.1 Å². The predicted molar refractivity (Wildman–Crippen MR) is 122 cm³/mol. The second-order valence-electron chi connectivity index (χ2n) is 8.09. The number of halogens is 3. The molecule has 160 valence electrons. The molecule has 1 amide bonds. The minimum absolute atomic E-state index is 0.0550. The van der Waals surface area contributed by atoms with Crippen molar-refractivity contribution in [1.29, 1.82) is 0 Å². The van der Waals surface area contributed by atoms with Crippen LogP contribution in [0.3, 0.4) is 0 Å². The minimum Gasteiger partial charge on any atom is -0.478 e. The van der Waals surface area contributed by atoms with E-state index in [0.29, 0.717) is 16.7 Å². The maximum absolute atomic E-state index is 13.5. The quantitative estimate of drug-likeness (QED) is 0.439. The fraction of sp³-hybridized carbons (Fsp3) is 0.167. The van der Waals surface area contributed by atoms with Crippen molar-refractivity contribution in [2.75, 3.05) is 5.32 Å². The first kappa shape index (κ1) is 22.8. The molecule has 0 radical (unpaired) electrons. The number of nitrogens with one attached hydrogen (secondary N) is 1. The van der Waals surface area contributed by atoms with E-state index < -0.39 is 17.7 Å². The van der Waals surface area contributed by atoms with E-state index in [4.69, 9.17) is 23.2 Å². The van der Waals surface area contributed by atoms with Gasteiger partial charge in [0, 0.05) is 11.1 Å². The van der Waals surface area contributed by atoms with Gasteiger partial charge in [0.15, 0.2) is 0 Å². The fourth-order valence-electron chi connectivity index (χ4n) is 3.05. The lowest BCUT2D eigenvalue weighted by molar-refractivity contribution is 0.0698. The second-order valence-corrected chi connectivity index (χ2v) is 8.91. The van der Waals surface area contributed by atoms with Crippen LogP contribution in [0, 0.1) is 5.82 Å². The lowest BCUT2D eigenvalue weighted by Crippen LogP contribution is -2.16. The van der Waals surface area contributed by atoms with Gasteiger partial charge in [0.2, 0.25) is 0 Å². The molecule has 3 aromatic rings. The van der Waals surface area contributed by atoms with E-state index in [0.717, 1.165) is 5.56 Å². The number of amides is 1. The molecule has 3 aromatic carbocycles. The normalized spacial score (nSPS) is 11.3. The summed E-state index contributed by atoms with van der Waals surface area (Å²) in [5.41, 5.74) is 2.11. The summed E-state index contributed by atoms with van der Waals surface area (Å²) in [6.45, 7) is 6.21. The Balaban J connectivity index is 1.96. The van der Waals surface area contributed by atoms with Crippen molar-refractivity contribution in [3.8, 4) is 11.1 Å². The van der Waals surface area contributed by atoms with Crippen molar-refractivity contribution in [3.63, 3.8) is 0 Å². The molecule has 0 aliphatic carbocycles. The highest BCUT2D eigenvalue weighted by Crippen LogP contribution is 2.35. The van der Waals surface area contributed by atoms with Gasteiger partial charge in [-0.05, 0) is 52.9 Å². The zero-order chi connectivity index (χ0) is 22.9. The van der Waals surface area contributed by atoms with E-state index in [2.05, 4.69) is 26.1 Å². The van der Waals surface area contributed by atoms with Crippen LogP contribution in [0.1, 0.15) is 47.1 Å². The molecule has 0 saturated carbocycles. The Morgan fingerprint density at radius 1 is 0.935 bits per heavy atom. The first-order chi connectivity index (χ1) is 14.5. The molecule has 0 bridgehead atoms. The number of carboxylic acid groups (broad SMARTS) is 1. The number of carbonyl (C=O) groups excluding carboxylic acids is 1. The smallest absolute Gasteiger partial charge is 0.337 e. The van der Waals surface area contributed by atoms with Crippen LogP contribution in [0.4, 0.5) is 10.1 Å². The van der Waals surface area contributed by atoms with Crippen molar-refractivity contribution >= 4 is 40.8 Å². The van der Waals surface area contributed by atoms with E-state index in [1.165, 1.54) is 30.3 Å². The molecule has 3 rings (SSSR count). The number of carbonyl (C=O) groups is 2. The third-order valence-electron chi connectivity index (χ3n) is 4.83. The number of benzene rings is 3. The zero-order valence-electron chi connectivity index (χ0n) is 17.1.